The molecule has 0 bridgehead atoms. The number of carbonyl (C=O) groups is 1. The molecule has 1 atom stereocenters. The van der Waals surface area contributed by atoms with Crippen molar-refractivity contribution in [2.45, 2.75) is 57.0 Å². The Morgan fingerprint density at radius 1 is 1.24 bits per heavy atom. The molecule has 0 spiro atoms. The van der Waals surface area contributed by atoms with Crippen molar-refractivity contribution in [3.63, 3.8) is 0 Å². The van der Waals surface area contributed by atoms with E-state index in [-0.39, 0.29) is 40.0 Å². The van der Waals surface area contributed by atoms with Gasteiger partial charge in [-0.1, -0.05) is 0 Å². The molecule has 1 aromatic carbocycles. The molecule has 0 radical (unpaired) electrons. The maximum atomic E-state index is 13.4. The number of benzene rings is 1. The highest BCUT2D eigenvalue weighted by Gasteiger charge is 2.42. The van der Waals surface area contributed by atoms with Gasteiger partial charge < -0.3 is 25.8 Å². The normalized spacial score (nSPS) is 18.0. The van der Waals surface area contributed by atoms with E-state index >= 15 is 0 Å². The van der Waals surface area contributed by atoms with Gasteiger partial charge in [-0.05, 0) is 62.4 Å². The number of piperidine rings is 1. The maximum absolute atomic E-state index is 13.4. The number of pyridine rings is 1. The van der Waals surface area contributed by atoms with Crippen molar-refractivity contribution >= 4 is 28.2 Å². The number of hydrogen-bond donors (Lipinski definition) is 3. The molecule has 3 heterocycles. The van der Waals surface area contributed by atoms with Crippen LogP contribution in [0.25, 0.3) is 10.8 Å². The van der Waals surface area contributed by atoms with E-state index in [4.69, 9.17) is 10.5 Å². The quantitative estimate of drug-likeness (QED) is 0.365. The number of nitrogens with one attached hydrogen (secondary N) is 1. The predicted molar refractivity (Wildman–Crippen MR) is 146 cm³/mol. The Morgan fingerprint density at radius 3 is 2.51 bits per heavy atom. The van der Waals surface area contributed by atoms with Crippen LogP contribution in [0.5, 0.6) is 0 Å². The summed E-state index contributed by atoms with van der Waals surface area (Å²) in [7, 11) is 3.00. The van der Waals surface area contributed by atoms with Gasteiger partial charge in [0.05, 0.1) is 35.0 Å². The molecule has 10 nitrogen and oxygen atoms in total. The number of nitrogens with zero attached hydrogens (tertiary/aromatic N) is 4. The van der Waals surface area contributed by atoms with E-state index in [1.807, 2.05) is 4.90 Å². The van der Waals surface area contributed by atoms with E-state index in [0.717, 1.165) is 29.7 Å². The predicted octanol–water partition coefficient (Wildman–Crippen LogP) is 3.47. The number of amides is 1. The molecule has 1 saturated carbocycles. The smallest absolute Gasteiger partial charge is 0.399 e. The van der Waals surface area contributed by atoms with Crippen LogP contribution < -0.4 is 16.6 Å². The Kier molecular flexibility index (Phi) is 7.45. The summed E-state index contributed by atoms with van der Waals surface area (Å²) in [6.45, 7) is 2.08. The Hall–Kier alpha value is -3.71. The van der Waals surface area contributed by atoms with Crippen molar-refractivity contribution in [3.8, 4) is 0 Å². The minimum Gasteiger partial charge on any atom is -0.399 e. The molecular weight excluding hydrogens is 541 g/mol. The molecule has 5 rings (SSSR count). The van der Waals surface area contributed by atoms with E-state index in [0.29, 0.717) is 37.0 Å². The molecule has 1 aliphatic carbocycles. The molecule has 41 heavy (non-hydrogen) atoms. The molecule has 1 saturated heterocycles. The van der Waals surface area contributed by atoms with Gasteiger partial charge >= 0.3 is 6.18 Å². The third kappa shape index (κ3) is 5.47. The van der Waals surface area contributed by atoms with Crippen molar-refractivity contribution in [1.82, 2.24) is 19.7 Å². The summed E-state index contributed by atoms with van der Waals surface area (Å²) in [4.78, 5) is 32.2. The summed E-state index contributed by atoms with van der Waals surface area (Å²) in [5, 5.41) is 18.2. The number of nitrogens with two attached hydrogens (primary N) is 1. The summed E-state index contributed by atoms with van der Waals surface area (Å²) in [5.74, 6) is 0.479. The van der Waals surface area contributed by atoms with E-state index in [9.17, 15) is 27.9 Å². The van der Waals surface area contributed by atoms with Gasteiger partial charge in [0, 0.05) is 44.2 Å². The summed E-state index contributed by atoms with van der Waals surface area (Å²) >= 11 is 0. The fraction of sp³-hybridized carbons (Fsp3) is 0.500. The van der Waals surface area contributed by atoms with Crippen LogP contribution in [0.2, 0.25) is 0 Å². The number of aromatic nitrogens is 3. The number of likely N-dealkylation sites (tertiary alicyclic amines) is 1. The molecule has 13 heteroatoms. The third-order valence-corrected chi connectivity index (χ3v) is 8.08. The molecule has 220 valence electrons. The van der Waals surface area contributed by atoms with Gasteiger partial charge in [0.1, 0.15) is 5.60 Å². The molecule has 3 aromatic rings. The largest absolute Gasteiger partial charge is 0.416 e. The Labute approximate surface area is 234 Å². The van der Waals surface area contributed by atoms with Gasteiger partial charge in [0.2, 0.25) is 5.91 Å². The van der Waals surface area contributed by atoms with Gasteiger partial charge in [-0.15, -0.1) is 0 Å². The lowest BCUT2D eigenvalue weighted by Gasteiger charge is -2.40. The third-order valence-electron chi connectivity index (χ3n) is 8.08. The van der Waals surface area contributed by atoms with Crippen molar-refractivity contribution in [3.05, 3.63) is 57.1 Å². The highest BCUT2D eigenvalue weighted by Crippen LogP contribution is 2.40. The highest BCUT2D eigenvalue weighted by atomic mass is 19.4. The Balaban J connectivity index is 1.56. The molecule has 2 fully saturated rings. The zero-order valence-corrected chi connectivity index (χ0v) is 23.1. The number of anilines is 2. The summed E-state index contributed by atoms with van der Waals surface area (Å²) in [6.07, 6.45) is -1.81. The van der Waals surface area contributed by atoms with Crippen LogP contribution in [0, 0.1) is 5.92 Å². The molecule has 2 aromatic heterocycles. The number of alkyl halides is 3. The van der Waals surface area contributed by atoms with E-state index in [1.54, 1.807) is 20.1 Å². The fourth-order valence-corrected chi connectivity index (χ4v) is 5.51. The highest BCUT2D eigenvalue weighted by molar-refractivity contribution is 5.93. The number of fused-ring (bicyclic) bond motifs is 1. The number of nitrogen functional groups attached to an aromatic ring is 1. The topological polar surface area (TPSA) is 136 Å². The molecule has 0 unspecified atom stereocenters. The fourth-order valence-electron chi connectivity index (χ4n) is 5.51. The minimum absolute atomic E-state index is 0.0376. The number of aryl methyl sites for hydroxylation is 1. The molecule has 4 N–H and O–H groups in total. The first-order valence-corrected chi connectivity index (χ1v) is 13.5. The number of aliphatic hydroxyl groups excluding tert-OH is 1. The van der Waals surface area contributed by atoms with Gasteiger partial charge in [0.25, 0.3) is 5.56 Å². The number of methoxy groups -OCH3 is 1. The molecule has 1 amide bonds. The van der Waals surface area contributed by atoms with Crippen LogP contribution in [-0.4, -0.2) is 50.9 Å². The zero-order valence-electron chi connectivity index (χ0n) is 23.1. The second-order valence-corrected chi connectivity index (χ2v) is 10.9. The van der Waals surface area contributed by atoms with Crippen molar-refractivity contribution in [2.24, 2.45) is 13.0 Å². The first kappa shape index (κ1) is 28.8. The molecule has 1 aliphatic heterocycles. The van der Waals surface area contributed by atoms with Crippen LogP contribution in [-0.2, 0) is 35.0 Å². The van der Waals surface area contributed by atoms with Gasteiger partial charge in [-0.25, -0.2) is 4.68 Å². The first-order chi connectivity index (χ1) is 19.4. The van der Waals surface area contributed by atoms with Crippen LogP contribution in [0.1, 0.15) is 61.2 Å². The van der Waals surface area contributed by atoms with Crippen LogP contribution in [0.4, 0.5) is 24.7 Å². The van der Waals surface area contributed by atoms with E-state index < -0.39 is 35.5 Å². The van der Waals surface area contributed by atoms with Gasteiger partial charge in [0.15, 0.2) is 5.82 Å². The Morgan fingerprint density at radius 2 is 1.93 bits per heavy atom. The average molecular weight is 575 g/mol. The minimum atomic E-state index is -4.57. The summed E-state index contributed by atoms with van der Waals surface area (Å²) < 4.78 is 47.4. The molecule has 2 aliphatic rings. The SMILES string of the molecule is COC1(c2cc3c(N[C@H](C)c4cc(N)cc(C(F)(F)F)c4)nn(C)c(=O)c3c(CO)n2)CCN(C(=O)C2CC2)CC1. The van der Waals surface area contributed by atoms with Crippen LogP contribution >= 0.6 is 0 Å². The first-order valence-electron chi connectivity index (χ1n) is 13.5. The monoisotopic (exact) mass is 574 g/mol. The lowest BCUT2D eigenvalue weighted by Crippen LogP contribution is -2.47. The van der Waals surface area contributed by atoms with Crippen molar-refractivity contribution in [2.75, 3.05) is 31.2 Å². The molecular formula is C28H33F3N6O4. The zero-order chi connectivity index (χ0) is 29.7. The van der Waals surface area contributed by atoms with Gasteiger partial charge in [-0.3, -0.25) is 14.6 Å². The standard InChI is InChI=1S/C28H33F3N6O4/c1-15(17-10-18(28(29,30)31)12-19(32)11-17)33-24-20-13-22(34-21(14-38)23(20)26(40)36(2)35-24)27(41-3)6-8-37(9-7-27)25(39)16-4-5-16/h10-13,15-16,38H,4-9,14,32H2,1-3H3,(H,33,35)/t15-/m1/s1. The second kappa shape index (κ2) is 10.6. The van der Waals surface area contributed by atoms with Crippen LogP contribution in [0.3, 0.4) is 0 Å². The number of rotatable bonds is 7. The van der Waals surface area contributed by atoms with Crippen molar-refractivity contribution < 1.29 is 27.8 Å². The summed E-state index contributed by atoms with van der Waals surface area (Å²) in [6, 6.07) is 4.33. The van der Waals surface area contributed by atoms with E-state index in [1.165, 1.54) is 13.1 Å². The van der Waals surface area contributed by atoms with Crippen molar-refractivity contribution in [1.29, 1.82) is 0 Å². The van der Waals surface area contributed by atoms with Gasteiger partial charge in [-0.2, -0.15) is 18.3 Å². The van der Waals surface area contributed by atoms with Crippen LogP contribution in [0.15, 0.2) is 29.1 Å². The maximum Gasteiger partial charge on any atom is 0.416 e. The van der Waals surface area contributed by atoms with E-state index in [2.05, 4.69) is 15.4 Å². The summed E-state index contributed by atoms with van der Waals surface area (Å²) in [5.41, 5.74) is 4.39. The number of hydrogen-bond acceptors (Lipinski definition) is 8. The number of carbonyl (C=O) groups excluding carboxylic acids is 1. The second-order valence-electron chi connectivity index (χ2n) is 10.9. The number of aliphatic hydroxyl groups is 1. The lowest BCUT2D eigenvalue weighted by molar-refractivity contribution is -0.139. The number of halogens is 3. The lowest BCUT2D eigenvalue weighted by atomic mass is 9.86. The average Bonchev–Trinajstić information content (AvgIpc) is 3.79. The Bertz CT molecular complexity index is 1540. The number of ether oxygens (including phenoxy) is 1.